The van der Waals surface area contributed by atoms with Gasteiger partial charge in [0.15, 0.2) is 0 Å². The normalized spacial score (nSPS) is 30.0. The fraction of sp³-hybridized carbons (Fsp3) is 0.611. The van der Waals surface area contributed by atoms with Crippen molar-refractivity contribution in [3.63, 3.8) is 0 Å². The summed E-state index contributed by atoms with van der Waals surface area (Å²) in [6, 6.07) is 8.67. The van der Waals surface area contributed by atoms with Crippen molar-refractivity contribution in [2.45, 2.75) is 37.5 Å². The van der Waals surface area contributed by atoms with Crippen molar-refractivity contribution in [3.05, 3.63) is 35.4 Å². The number of carbonyl (C=O) groups excluding carboxylic acids is 1. The van der Waals surface area contributed by atoms with Crippen molar-refractivity contribution >= 4 is 6.03 Å². The summed E-state index contributed by atoms with van der Waals surface area (Å²) in [7, 11) is 0. The molecule has 2 amide bonds. The van der Waals surface area contributed by atoms with Gasteiger partial charge in [-0.2, -0.15) is 0 Å². The molecule has 0 saturated heterocycles. The van der Waals surface area contributed by atoms with Gasteiger partial charge in [-0.15, -0.1) is 0 Å². The van der Waals surface area contributed by atoms with Gasteiger partial charge in [0.1, 0.15) is 0 Å². The number of aliphatic hydroxyl groups excluding tert-OH is 1. The second kappa shape index (κ2) is 4.98. The van der Waals surface area contributed by atoms with Crippen molar-refractivity contribution in [3.8, 4) is 0 Å². The zero-order valence-electron chi connectivity index (χ0n) is 12.9. The van der Waals surface area contributed by atoms with E-state index in [4.69, 9.17) is 0 Å². The first-order valence-corrected chi connectivity index (χ1v) is 8.38. The van der Waals surface area contributed by atoms with Crippen LogP contribution in [0.5, 0.6) is 0 Å². The lowest BCUT2D eigenvalue weighted by atomic mass is 9.95. The molecule has 1 spiro atoms. The van der Waals surface area contributed by atoms with E-state index < -0.39 is 0 Å². The molecular formula is C18H24N2O2. The molecule has 0 heterocycles. The molecule has 2 saturated carbocycles. The van der Waals surface area contributed by atoms with Gasteiger partial charge >= 0.3 is 6.03 Å². The van der Waals surface area contributed by atoms with Gasteiger partial charge in [-0.05, 0) is 49.1 Å². The first-order valence-electron chi connectivity index (χ1n) is 8.38. The maximum absolute atomic E-state index is 11.9. The topological polar surface area (TPSA) is 61.4 Å². The molecular weight excluding hydrogens is 276 g/mol. The Kier molecular flexibility index (Phi) is 3.19. The number of amides is 2. The molecule has 22 heavy (non-hydrogen) atoms. The van der Waals surface area contributed by atoms with Crippen LogP contribution in [0.2, 0.25) is 0 Å². The van der Waals surface area contributed by atoms with Gasteiger partial charge in [-0.1, -0.05) is 24.3 Å². The minimum Gasteiger partial charge on any atom is -0.396 e. The van der Waals surface area contributed by atoms with Crippen LogP contribution in [0.1, 0.15) is 36.8 Å². The lowest BCUT2D eigenvalue weighted by molar-refractivity contribution is 0.203. The maximum Gasteiger partial charge on any atom is 0.314 e. The SMILES string of the molecule is O=C(NC[C@H]1C[C@]12CCc1ccccc12)NCC1(CO)CC1. The molecule has 0 aromatic heterocycles. The molecule has 3 N–H and O–H groups in total. The fourth-order valence-electron chi connectivity index (χ4n) is 4.11. The Hall–Kier alpha value is -1.55. The third kappa shape index (κ3) is 2.30. The van der Waals surface area contributed by atoms with E-state index >= 15 is 0 Å². The predicted molar refractivity (Wildman–Crippen MR) is 84.7 cm³/mol. The Labute approximate surface area is 131 Å². The van der Waals surface area contributed by atoms with Crippen LogP contribution in [-0.4, -0.2) is 30.8 Å². The molecule has 4 rings (SSSR count). The highest BCUT2D eigenvalue weighted by atomic mass is 16.3. The number of rotatable bonds is 5. The van der Waals surface area contributed by atoms with Gasteiger partial charge in [0, 0.05) is 23.9 Å². The second-order valence-corrected chi connectivity index (χ2v) is 7.44. The molecule has 2 fully saturated rings. The summed E-state index contributed by atoms with van der Waals surface area (Å²) >= 11 is 0. The minimum absolute atomic E-state index is 0.0253. The van der Waals surface area contributed by atoms with Gasteiger partial charge in [0.2, 0.25) is 0 Å². The summed E-state index contributed by atoms with van der Waals surface area (Å²) < 4.78 is 0. The van der Waals surface area contributed by atoms with Crippen LogP contribution in [0.4, 0.5) is 4.79 Å². The zero-order valence-corrected chi connectivity index (χ0v) is 12.9. The Bertz CT molecular complexity index is 597. The van der Waals surface area contributed by atoms with Gasteiger partial charge in [-0.25, -0.2) is 4.79 Å². The van der Waals surface area contributed by atoms with Crippen molar-refractivity contribution in [1.82, 2.24) is 10.6 Å². The van der Waals surface area contributed by atoms with Crippen LogP contribution in [0.25, 0.3) is 0 Å². The fourth-order valence-corrected chi connectivity index (χ4v) is 4.11. The van der Waals surface area contributed by atoms with Crippen LogP contribution in [-0.2, 0) is 11.8 Å². The third-order valence-corrected chi connectivity index (χ3v) is 6.05. The van der Waals surface area contributed by atoms with Gasteiger partial charge in [-0.3, -0.25) is 0 Å². The molecule has 118 valence electrons. The molecule has 4 nitrogen and oxygen atoms in total. The van der Waals surface area contributed by atoms with Crippen molar-refractivity contribution in [1.29, 1.82) is 0 Å². The highest BCUT2D eigenvalue weighted by molar-refractivity contribution is 5.74. The van der Waals surface area contributed by atoms with Gasteiger partial charge in [0.25, 0.3) is 0 Å². The molecule has 3 aliphatic rings. The average molecular weight is 300 g/mol. The Morgan fingerprint density at radius 3 is 2.82 bits per heavy atom. The van der Waals surface area contributed by atoms with Crippen LogP contribution in [0, 0.1) is 11.3 Å². The van der Waals surface area contributed by atoms with Crippen molar-refractivity contribution < 1.29 is 9.90 Å². The van der Waals surface area contributed by atoms with Crippen LogP contribution < -0.4 is 10.6 Å². The highest BCUT2D eigenvalue weighted by Crippen LogP contribution is 2.61. The number of benzene rings is 1. The van der Waals surface area contributed by atoms with E-state index in [0.717, 1.165) is 19.4 Å². The number of carbonyl (C=O) groups is 1. The number of nitrogens with one attached hydrogen (secondary N) is 2. The van der Waals surface area contributed by atoms with Crippen LogP contribution in [0.15, 0.2) is 24.3 Å². The van der Waals surface area contributed by atoms with Gasteiger partial charge < -0.3 is 15.7 Å². The molecule has 4 heteroatoms. The Morgan fingerprint density at radius 1 is 1.23 bits per heavy atom. The first kappa shape index (κ1) is 14.1. The summed E-state index contributed by atoms with van der Waals surface area (Å²) in [5.74, 6) is 0.578. The molecule has 2 atom stereocenters. The second-order valence-electron chi connectivity index (χ2n) is 7.44. The molecule has 0 aliphatic heterocycles. The average Bonchev–Trinajstić information content (AvgIpc) is 3.43. The summed E-state index contributed by atoms with van der Waals surface area (Å²) in [6.45, 7) is 1.52. The molecule has 3 aliphatic carbocycles. The number of aliphatic hydroxyl groups is 1. The number of fused-ring (bicyclic) bond motifs is 2. The lowest BCUT2D eigenvalue weighted by Crippen LogP contribution is -2.40. The largest absolute Gasteiger partial charge is 0.396 e. The van der Waals surface area contributed by atoms with E-state index in [-0.39, 0.29) is 18.1 Å². The Balaban J connectivity index is 1.27. The quantitative estimate of drug-likeness (QED) is 0.778. The monoisotopic (exact) mass is 300 g/mol. The Morgan fingerprint density at radius 2 is 2.05 bits per heavy atom. The summed E-state index contributed by atoms with van der Waals surface area (Å²) in [4.78, 5) is 11.9. The van der Waals surface area contributed by atoms with E-state index in [1.54, 1.807) is 0 Å². The van der Waals surface area contributed by atoms with Crippen LogP contribution in [0.3, 0.4) is 0 Å². The standard InChI is InChI=1S/C18H24N2O2/c21-12-17(7-8-17)11-20-16(22)19-10-14-9-18(14)6-5-13-3-1-2-4-15(13)18/h1-4,14,21H,5-12H2,(H2,19,20,22)/t14-,18-/m1/s1. The molecule has 1 aromatic carbocycles. The predicted octanol–water partition coefficient (Wildman–Crippen LogP) is 1.96. The highest BCUT2D eigenvalue weighted by Gasteiger charge is 2.57. The number of hydrogen-bond donors (Lipinski definition) is 3. The molecule has 0 unspecified atom stereocenters. The summed E-state index contributed by atoms with van der Waals surface area (Å²) in [5, 5.41) is 15.2. The van der Waals surface area contributed by atoms with Crippen LogP contribution >= 0.6 is 0 Å². The van der Waals surface area contributed by atoms with E-state index in [0.29, 0.717) is 17.9 Å². The van der Waals surface area contributed by atoms with Crippen molar-refractivity contribution in [2.24, 2.45) is 11.3 Å². The zero-order chi connectivity index (χ0) is 15.2. The first-order chi connectivity index (χ1) is 10.7. The van der Waals surface area contributed by atoms with E-state index in [1.807, 2.05) is 0 Å². The lowest BCUT2D eigenvalue weighted by Gasteiger charge is -2.15. The number of aryl methyl sites for hydroxylation is 1. The smallest absolute Gasteiger partial charge is 0.314 e. The van der Waals surface area contributed by atoms with E-state index in [9.17, 15) is 9.90 Å². The minimum atomic E-state index is -0.0898. The molecule has 0 radical (unpaired) electrons. The summed E-state index contributed by atoms with van der Waals surface area (Å²) in [5.41, 5.74) is 3.32. The van der Waals surface area contributed by atoms with E-state index in [2.05, 4.69) is 34.9 Å². The third-order valence-electron chi connectivity index (χ3n) is 6.05. The maximum atomic E-state index is 11.9. The van der Waals surface area contributed by atoms with E-state index in [1.165, 1.54) is 30.4 Å². The molecule has 0 bridgehead atoms. The summed E-state index contributed by atoms with van der Waals surface area (Å²) in [6.07, 6.45) is 5.65. The number of urea groups is 1. The van der Waals surface area contributed by atoms with Crippen molar-refractivity contribution in [2.75, 3.05) is 19.7 Å². The van der Waals surface area contributed by atoms with Gasteiger partial charge in [0.05, 0.1) is 6.61 Å². The molecule has 1 aromatic rings. The number of hydrogen-bond acceptors (Lipinski definition) is 2.